The van der Waals surface area contributed by atoms with Gasteiger partial charge in [0, 0.05) is 23.9 Å². The molecule has 0 spiro atoms. The lowest BCUT2D eigenvalue weighted by Crippen LogP contribution is -2.44. The van der Waals surface area contributed by atoms with E-state index in [-0.39, 0.29) is 11.2 Å². The van der Waals surface area contributed by atoms with Crippen LogP contribution in [0.5, 0.6) is 5.75 Å². The van der Waals surface area contributed by atoms with Gasteiger partial charge in [-0.1, -0.05) is 12.1 Å². The van der Waals surface area contributed by atoms with Crippen molar-refractivity contribution in [2.75, 3.05) is 7.11 Å². The molecule has 0 unspecified atom stereocenters. The first-order valence-electron chi connectivity index (χ1n) is 10.1. The Kier molecular flexibility index (Phi) is 4.95. The van der Waals surface area contributed by atoms with Gasteiger partial charge in [0.25, 0.3) is 0 Å². The van der Waals surface area contributed by atoms with Crippen molar-refractivity contribution < 1.29 is 9.47 Å². The Morgan fingerprint density at radius 3 is 2.41 bits per heavy atom. The summed E-state index contributed by atoms with van der Waals surface area (Å²) in [4.78, 5) is 4.31. The van der Waals surface area contributed by atoms with E-state index in [1.54, 1.807) is 13.3 Å². The summed E-state index contributed by atoms with van der Waals surface area (Å²) in [6, 6.07) is 14.2. The zero-order valence-corrected chi connectivity index (χ0v) is 17.8. The van der Waals surface area contributed by atoms with Gasteiger partial charge in [-0.05, 0) is 70.9 Å². The molecule has 0 amide bonds. The van der Waals surface area contributed by atoms with Gasteiger partial charge in [-0.3, -0.25) is 4.98 Å². The highest BCUT2D eigenvalue weighted by molar-refractivity contribution is 5.63. The minimum atomic E-state index is -0.185. The van der Waals surface area contributed by atoms with E-state index in [1.165, 1.54) is 0 Å². The molecular formula is C24H29N3O2. The zero-order chi connectivity index (χ0) is 20.6. The SMILES string of the molecule is COc1ccccc1-n1nc(C2CC(C)(C)OC(C)(C)C2)cc1-c1cccnc1. The van der Waals surface area contributed by atoms with Gasteiger partial charge < -0.3 is 9.47 Å². The van der Waals surface area contributed by atoms with E-state index in [0.717, 1.165) is 41.2 Å². The third-order valence-corrected chi connectivity index (χ3v) is 5.45. The van der Waals surface area contributed by atoms with Crippen LogP contribution in [-0.2, 0) is 4.74 Å². The van der Waals surface area contributed by atoms with Gasteiger partial charge in [-0.25, -0.2) is 4.68 Å². The quantitative estimate of drug-likeness (QED) is 0.598. The molecule has 1 saturated heterocycles. The second-order valence-electron chi connectivity index (χ2n) is 9.01. The fourth-order valence-corrected chi connectivity index (χ4v) is 4.61. The van der Waals surface area contributed by atoms with E-state index in [4.69, 9.17) is 14.6 Å². The van der Waals surface area contributed by atoms with Gasteiger partial charge in [0.05, 0.1) is 29.7 Å². The predicted molar refractivity (Wildman–Crippen MR) is 115 cm³/mol. The molecule has 3 heterocycles. The minimum Gasteiger partial charge on any atom is -0.494 e. The van der Waals surface area contributed by atoms with Crippen LogP contribution in [0.3, 0.4) is 0 Å². The summed E-state index contributed by atoms with van der Waals surface area (Å²) in [7, 11) is 1.69. The van der Waals surface area contributed by atoms with Crippen molar-refractivity contribution >= 4 is 0 Å². The summed E-state index contributed by atoms with van der Waals surface area (Å²) in [5.74, 6) is 1.11. The molecule has 0 aliphatic carbocycles. The van der Waals surface area contributed by atoms with Gasteiger partial charge in [-0.2, -0.15) is 5.10 Å². The molecule has 3 aromatic rings. The van der Waals surface area contributed by atoms with Crippen molar-refractivity contribution in [2.24, 2.45) is 0 Å². The highest BCUT2D eigenvalue weighted by atomic mass is 16.5. The van der Waals surface area contributed by atoms with Crippen molar-refractivity contribution in [1.82, 2.24) is 14.8 Å². The fraction of sp³-hybridized carbons (Fsp3) is 0.417. The molecule has 1 aliphatic heterocycles. The molecule has 1 aromatic carbocycles. The number of hydrogen-bond donors (Lipinski definition) is 0. The van der Waals surface area contributed by atoms with Crippen LogP contribution in [0, 0.1) is 0 Å². The third-order valence-electron chi connectivity index (χ3n) is 5.45. The van der Waals surface area contributed by atoms with Crippen molar-refractivity contribution in [1.29, 1.82) is 0 Å². The average Bonchev–Trinajstić information content (AvgIpc) is 3.11. The molecule has 0 saturated carbocycles. The molecule has 152 valence electrons. The third kappa shape index (κ3) is 4.06. The fourth-order valence-electron chi connectivity index (χ4n) is 4.61. The van der Waals surface area contributed by atoms with Crippen LogP contribution in [0.25, 0.3) is 16.9 Å². The van der Waals surface area contributed by atoms with Crippen molar-refractivity contribution in [2.45, 2.75) is 57.7 Å². The number of benzene rings is 1. The highest BCUT2D eigenvalue weighted by Crippen LogP contribution is 2.44. The Bertz CT molecular complexity index is 976. The number of para-hydroxylation sites is 2. The van der Waals surface area contributed by atoms with E-state index in [9.17, 15) is 0 Å². The van der Waals surface area contributed by atoms with Crippen molar-refractivity contribution in [3.63, 3.8) is 0 Å². The number of methoxy groups -OCH3 is 1. The lowest BCUT2D eigenvalue weighted by Gasteiger charge is -2.45. The molecule has 29 heavy (non-hydrogen) atoms. The van der Waals surface area contributed by atoms with Crippen LogP contribution in [0.15, 0.2) is 54.9 Å². The van der Waals surface area contributed by atoms with Gasteiger partial charge in [0.2, 0.25) is 0 Å². The van der Waals surface area contributed by atoms with Crippen LogP contribution in [0.4, 0.5) is 0 Å². The Morgan fingerprint density at radius 1 is 1.03 bits per heavy atom. The number of rotatable bonds is 4. The number of ether oxygens (including phenoxy) is 2. The van der Waals surface area contributed by atoms with E-state index >= 15 is 0 Å². The Morgan fingerprint density at radius 2 is 1.76 bits per heavy atom. The van der Waals surface area contributed by atoms with Crippen LogP contribution in [0.2, 0.25) is 0 Å². The van der Waals surface area contributed by atoms with E-state index in [1.807, 2.05) is 41.2 Å². The first kappa shape index (κ1) is 19.6. The Labute approximate surface area is 172 Å². The number of nitrogens with zero attached hydrogens (tertiary/aromatic N) is 3. The molecule has 4 rings (SSSR count). The molecule has 0 bridgehead atoms. The molecule has 0 N–H and O–H groups in total. The second-order valence-corrected chi connectivity index (χ2v) is 9.01. The first-order valence-corrected chi connectivity index (χ1v) is 10.1. The molecular weight excluding hydrogens is 362 g/mol. The lowest BCUT2D eigenvalue weighted by atomic mass is 9.79. The molecule has 5 heteroatoms. The van der Waals surface area contributed by atoms with Crippen LogP contribution >= 0.6 is 0 Å². The Balaban J connectivity index is 1.84. The topological polar surface area (TPSA) is 49.2 Å². The van der Waals surface area contributed by atoms with E-state index in [2.05, 4.69) is 44.8 Å². The number of hydrogen-bond acceptors (Lipinski definition) is 4. The highest BCUT2D eigenvalue weighted by Gasteiger charge is 2.41. The summed E-state index contributed by atoms with van der Waals surface area (Å²) in [5, 5.41) is 5.07. The molecule has 1 aliphatic rings. The lowest BCUT2D eigenvalue weighted by molar-refractivity contribution is -0.162. The molecule has 1 fully saturated rings. The maximum Gasteiger partial charge on any atom is 0.144 e. The standard InChI is InChI=1S/C24H29N3O2/c1-23(2)14-18(15-24(3,4)29-23)19-13-21(17-9-8-12-25-16-17)27(26-19)20-10-6-7-11-22(20)28-5/h6-13,16,18H,14-15H2,1-5H3. The first-order chi connectivity index (χ1) is 13.8. The van der Waals surface area contributed by atoms with Gasteiger partial charge in [0.1, 0.15) is 11.4 Å². The van der Waals surface area contributed by atoms with Crippen molar-refractivity contribution in [3.05, 3.63) is 60.6 Å². The molecule has 0 atom stereocenters. The van der Waals surface area contributed by atoms with Crippen LogP contribution < -0.4 is 4.74 Å². The predicted octanol–water partition coefficient (Wildman–Crippen LogP) is 5.39. The smallest absolute Gasteiger partial charge is 0.144 e. The summed E-state index contributed by atoms with van der Waals surface area (Å²) >= 11 is 0. The van der Waals surface area contributed by atoms with Crippen LogP contribution in [0.1, 0.15) is 52.1 Å². The van der Waals surface area contributed by atoms with Gasteiger partial charge in [-0.15, -0.1) is 0 Å². The number of aromatic nitrogens is 3. The maximum absolute atomic E-state index is 6.29. The second kappa shape index (κ2) is 7.30. The normalized spacial score (nSPS) is 18.5. The summed E-state index contributed by atoms with van der Waals surface area (Å²) < 4.78 is 13.9. The van der Waals surface area contributed by atoms with Crippen molar-refractivity contribution in [3.8, 4) is 22.7 Å². The summed E-state index contributed by atoms with van der Waals surface area (Å²) in [6.45, 7) is 8.67. The maximum atomic E-state index is 6.29. The molecule has 2 aromatic heterocycles. The summed E-state index contributed by atoms with van der Waals surface area (Å²) in [6.07, 6.45) is 5.54. The Hall–Kier alpha value is -2.66. The average molecular weight is 392 g/mol. The van der Waals surface area contributed by atoms with Gasteiger partial charge in [0.15, 0.2) is 0 Å². The van der Waals surface area contributed by atoms with Gasteiger partial charge >= 0.3 is 0 Å². The summed E-state index contributed by atoms with van der Waals surface area (Å²) in [5.41, 5.74) is 3.68. The molecule has 5 nitrogen and oxygen atoms in total. The zero-order valence-electron chi connectivity index (χ0n) is 17.8. The monoisotopic (exact) mass is 391 g/mol. The minimum absolute atomic E-state index is 0.185. The largest absolute Gasteiger partial charge is 0.494 e. The van der Waals surface area contributed by atoms with E-state index < -0.39 is 0 Å². The van der Waals surface area contributed by atoms with Crippen LogP contribution in [-0.4, -0.2) is 33.1 Å². The van der Waals surface area contributed by atoms with E-state index in [0.29, 0.717) is 5.92 Å². The molecule has 0 radical (unpaired) electrons. The number of pyridine rings is 1.